The third-order valence-electron chi connectivity index (χ3n) is 2.46. The summed E-state index contributed by atoms with van der Waals surface area (Å²) in [5, 5.41) is 10.8. The van der Waals surface area contributed by atoms with Gasteiger partial charge in [0.1, 0.15) is 0 Å². The van der Waals surface area contributed by atoms with Gasteiger partial charge in [-0.2, -0.15) is 0 Å². The van der Waals surface area contributed by atoms with Gasteiger partial charge in [0.2, 0.25) is 10.0 Å². The molecule has 0 saturated carbocycles. The molecule has 0 saturated heterocycles. The van der Waals surface area contributed by atoms with Gasteiger partial charge in [0, 0.05) is 25.8 Å². The van der Waals surface area contributed by atoms with Crippen molar-refractivity contribution in [2.45, 2.75) is 24.7 Å². The first kappa shape index (κ1) is 16.5. The lowest BCUT2D eigenvalue weighted by Crippen LogP contribution is -2.26. The summed E-state index contributed by atoms with van der Waals surface area (Å²) in [5.41, 5.74) is -0.428. The van der Waals surface area contributed by atoms with Gasteiger partial charge in [-0.25, -0.2) is 13.1 Å². The van der Waals surface area contributed by atoms with Gasteiger partial charge in [0.25, 0.3) is 5.69 Å². The Balaban J connectivity index is 2.63. The highest BCUT2D eigenvalue weighted by Gasteiger charge is 2.24. The number of hydrogen-bond donors (Lipinski definition) is 1. The van der Waals surface area contributed by atoms with E-state index in [1.807, 2.05) is 6.92 Å². The number of rotatable bonds is 9. The van der Waals surface area contributed by atoms with Gasteiger partial charge in [-0.15, -0.1) is 0 Å². The predicted octanol–water partition coefficient (Wildman–Crippen LogP) is 1.69. The van der Waals surface area contributed by atoms with Crippen LogP contribution >= 0.6 is 0 Å². The number of benzene rings is 1. The van der Waals surface area contributed by atoms with Crippen molar-refractivity contribution in [3.63, 3.8) is 0 Å². The number of sulfonamides is 1. The fourth-order valence-electron chi connectivity index (χ4n) is 1.54. The van der Waals surface area contributed by atoms with Gasteiger partial charge in [-0.1, -0.05) is 19.1 Å². The van der Waals surface area contributed by atoms with Crippen LogP contribution in [-0.2, 0) is 14.8 Å². The summed E-state index contributed by atoms with van der Waals surface area (Å²) in [4.78, 5) is 9.78. The summed E-state index contributed by atoms with van der Waals surface area (Å²) < 4.78 is 31.5. The molecule has 0 aliphatic rings. The zero-order chi connectivity index (χ0) is 15.0. The number of ether oxygens (including phenoxy) is 1. The molecule has 0 aliphatic heterocycles. The lowest BCUT2D eigenvalue weighted by Gasteiger charge is -2.07. The average Bonchev–Trinajstić information content (AvgIpc) is 2.42. The van der Waals surface area contributed by atoms with Crippen molar-refractivity contribution in [3.05, 3.63) is 34.4 Å². The molecule has 0 aliphatic carbocycles. The van der Waals surface area contributed by atoms with E-state index >= 15 is 0 Å². The van der Waals surface area contributed by atoms with E-state index in [9.17, 15) is 18.5 Å². The molecule has 1 rings (SSSR count). The Morgan fingerprint density at radius 2 is 2.00 bits per heavy atom. The quantitative estimate of drug-likeness (QED) is 0.425. The largest absolute Gasteiger partial charge is 0.381 e. The number of nitrogens with zero attached hydrogens (tertiary/aromatic N) is 1. The third kappa shape index (κ3) is 4.87. The fraction of sp³-hybridized carbons (Fsp3) is 0.500. The number of nitro benzene ring substituents is 1. The summed E-state index contributed by atoms with van der Waals surface area (Å²) in [6, 6.07) is 5.26. The minimum absolute atomic E-state index is 0.179. The monoisotopic (exact) mass is 302 g/mol. The first-order valence-corrected chi connectivity index (χ1v) is 7.78. The van der Waals surface area contributed by atoms with Crippen LogP contribution in [-0.4, -0.2) is 33.1 Å². The van der Waals surface area contributed by atoms with E-state index in [0.29, 0.717) is 19.6 Å². The minimum atomic E-state index is -3.88. The van der Waals surface area contributed by atoms with Crippen LogP contribution in [0.2, 0.25) is 0 Å². The molecule has 8 heteroatoms. The molecule has 0 atom stereocenters. The molecule has 0 heterocycles. The van der Waals surface area contributed by atoms with Crippen molar-refractivity contribution in [2.24, 2.45) is 0 Å². The zero-order valence-electron chi connectivity index (χ0n) is 11.2. The Kier molecular flexibility index (Phi) is 6.56. The van der Waals surface area contributed by atoms with Gasteiger partial charge in [-0.3, -0.25) is 10.1 Å². The highest BCUT2D eigenvalue weighted by molar-refractivity contribution is 7.89. The summed E-state index contributed by atoms with van der Waals surface area (Å²) in [6.07, 6.45) is 1.42. The van der Waals surface area contributed by atoms with E-state index in [1.54, 1.807) is 0 Å². The Labute approximate surface area is 118 Å². The molecule has 0 radical (unpaired) electrons. The predicted molar refractivity (Wildman–Crippen MR) is 74.0 cm³/mol. The Hall–Kier alpha value is -1.51. The number of nitrogens with one attached hydrogen (secondary N) is 1. The highest BCUT2D eigenvalue weighted by Crippen LogP contribution is 2.22. The molecule has 0 unspecified atom stereocenters. The first-order valence-electron chi connectivity index (χ1n) is 6.30. The highest BCUT2D eigenvalue weighted by atomic mass is 32.2. The molecule has 0 spiro atoms. The Bertz CT molecular complexity index is 545. The topological polar surface area (TPSA) is 98.5 Å². The van der Waals surface area contributed by atoms with Crippen LogP contribution in [0.15, 0.2) is 29.2 Å². The molecule has 7 nitrogen and oxygen atoms in total. The molecule has 0 bridgehead atoms. The van der Waals surface area contributed by atoms with Gasteiger partial charge in [0.05, 0.1) is 4.92 Å². The lowest BCUT2D eigenvalue weighted by atomic mass is 10.3. The van der Waals surface area contributed by atoms with Crippen LogP contribution in [0.3, 0.4) is 0 Å². The van der Waals surface area contributed by atoms with Crippen molar-refractivity contribution < 1.29 is 18.1 Å². The van der Waals surface area contributed by atoms with Crippen LogP contribution in [0.1, 0.15) is 19.8 Å². The maximum atomic E-state index is 12.0. The first-order chi connectivity index (χ1) is 9.49. The zero-order valence-corrected chi connectivity index (χ0v) is 12.1. The summed E-state index contributed by atoms with van der Waals surface area (Å²) in [7, 11) is -3.88. The second-order valence-corrected chi connectivity index (χ2v) is 5.82. The van der Waals surface area contributed by atoms with Gasteiger partial charge >= 0.3 is 0 Å². The third-order valence-corrected chi connectivity index (χ3v) is 3.97. The summed E-state index contributed by atoms with van der Waals surface area (Å²) >= 11 is 0. The Morgan fingerprint density at radius 3 is 2.65 bits per heavy atom. The lowest BCUT2D eigenvalue weighted by molar-refractivity contribution is -0.387. The smallest absolute Gasteiger partial charge is 0.289 e. The molecule has 1 aromatic rings. The molecule has 0 aromatic heterocycles. The van der Waals surface area contributed by atoms with E-state index < -0.39 is 20.6 Å². The Morgan fingerprint density at radius 1 is 1.30 bits per heavy atom. The van der Waals surface area contributed by atoms with Crippen LogP contribution in [0.5, 0.6) is 0 Å². The van der Waals surface area contributed by atoms with E-state index in [2.05, 4.69) is 4.72 Å². The number of nitro groups is 1. The molecule has 20 heavy (non-hydrogen) atoms. The van der Waals surface area contributed by atoms with Crippen LogP contribution in [0.4, 0.5) is 5.69 Å². The second-order valence-electron chi connectivity index (χ2n) is 4.09. The summed E-state index contributed by atoms with van der Waals surface area (Å²) in [5.74, 6) is 0. The van der Waals surface area contributed by atoms with Crippen molar-refractivity contribution in [1.29, 1.82) is 0 Å². The standard InChI is InChI=1S/C12H18N2O5S/c1-2-9-19-10-5-8-13-20(17,18)12-7-4-3-6-11(12)14(15)16/h3-4,6-7,13H,2,5,8-10H2,1H3. The van der Waals surface area contributed by atoms with Gasteiger partial charge in [-0.05, 0) is 18.9 Å². The SMILES string of the molecule is CCCOCCCNS(=O)(=O)c1ccccc1[N+](=O)[O-]. The van der Waals surface area contributed by atoms with Gasteiger partial charge in [0.15, 0.2) is 4.90 Å². The van der Waals surface area contributed by atoms with E-state index in [-0.39, 0.29) is 11.4 Å². The minimum Gasteiger partial charge on any atom is -0.381 e. The molecule has 1 aromatic carbocycles. The average molecular weight is 302 g/mol. The maximum Gasteiger partial charge on any atom is 0.289 e. The van der Waals surface area contributed by atoms with Crippen molar-refractivity contribution in [1.82, 2.24) is 4.72 Å². The molecule has 1 N–H and O–H groups in total. The number of hydrogen-bond acceptors (Lipinski definition) is 5. The van der Waals surface area contributed by atoms with E-state index in [0.717, 1.165) is 6.42 Å². The van der Waals surface area contributed by atoms with Crippen molar-refractivity contribution in [2.75, 3.05) is 19.8 Å². The maximum absolute atomic E-state index is 12.0. The van der Waals surface area contributed by atoms with Gasteiger partial charge < -0.3 is 4.74 Å². The molecule has 0 fully saturated rings. The normalized spacial score (nSPS) is 11.4. The van der Waals surface area contributed by atoms with E-state index in [1.165, 1.54) is 24.3 Å². The summed E-state index contributed by atoms with van der Waals surface area (Å²) in [6.45, 7) is 3.25. The number of para-hydroxylation sites is 1. The van der Waals surface area contributed by atoms with Crippen LogP contribution in [0.25, 0.3) is 0 Å². The van der Waals surface area contributed by atoms with Crippen molar-refractivity contribution >= 4 is 15.7 Å². The fourth-order valence-corrected chi connectivity index (χ4v) is 2.78. The molecule has 112 valence electrons. The van der Waals surface area contributed by atoms with Crippen LogP contribution in [0, 0.1) is 10.1 Å². The van der Waals surface area contributed by atoms with Crippen LogP contribution < -0.4 is 4.72 Å². The molecule has 0 amide bonds. The molecular weight excluding hydrogens is 284 g/mol. The molecular formula is C12H18N2O5S. The second kappa shape index (κ2) is 7.93. The van der Waals surface area contributed by atoms with Crippen molar-refractivity contribution in [3.8, 4) is 0 Å². The van der Waals surface area contributed by atoms with E-state index in [4.69, 9.17) is 4.74 Å².